The van der Waals surface area contributed by atoms with Crippen molar-refractivity contribution in [2.75, 3.05) is 6.54 Å². The summed E-state index contributed by atoms with van der Waals surface area (Å²) in [6.07, 6.45) is -8.46. The molecular formula is C10H11F6N3S. The molecule has 1 saturated carbocycles. The van der Waals surface area contributed by atoms with Crippen LogP contribution in [-0.4, -0.2) is 35.1 Å². The molecule has 1 aromatic rings. The fourth-order valence-electron chi connectivity index (χ4n) is 1.62. The monoisotopic (exact) mass is 319 g/mol. The lowest BCUT2D eigenvalue weighted by Gasteiger charge is -2.20. The van der Waals surface area contributed by atoms with Gasteiger partial charge < -0.3 is 5.32 Å². The Balaban J connectivity index is 2.04. The average molecular weight is 319 g/mol. The van der Waals surface area contributed by atoms with Crippen LogP contribution < -0.4 is 5.32 Å². The van der Waals surface area contributed by atoms with Crippen molar-refractivity contribution >= 4 is 11.3 Å². The van der Waals surface area contributed by atoms with Crippen molar-refractivity contribution < 1.29 is 26.3 Å². The first-order valence-electron chi connectivity index (χ1n) is 5.87. The quantitative estimate of drug-likeness (QED) is 0.848. The fraction of sp³-hybridized carbons (Fsp3) is 0.800. The lowest BCUT2D eigenvalue weighted by atomic mass is 10.1. The summed E-state index contributed by atoms with van der Waals surface area (Å²) in [7, 11) is 0. The van der Waals surface area contributed by atoms with Crippen LogP contribution in [0.3, 0.4) is 0 Å². The van der Waals surface area contributed by atoms with Gasteiger partial charge in [0.15, 0.2) is 0 Å². The Kier molecular flexibility index (Phi) is 4.24. The summed E-state index contributed by atoms with van der Waals surface area (Å²) in [5.41, 5.74) is 0. The van der Waals surface area contributed by atoms with E-state index < -0.39 is 23.3 Å². The molecule has 10 heteroatoms. The molecule has 0 spiro atoms. The molecule has 20 heavy (non-hydrogen) atoms. The van der Waals surface area contributed by atoms with E-state index >= 15 is 0 Å². The fourth-order valence-corrected chi connectivity index (χ4v) is 2.61. The number of aromatic nitrogens is 2. The highest BCUT2D eigenvalue weighted by Crippen LogP contribution is 2.46. The number of nitrogens with zero attached hydrogens (tertiary/aromatic N) is 2. The second-order valence-electron chi connectivity index (χ2n) is 4.53. The molecule has 1 aromatic heterocycles. The predicted octanol–water partition coefficient (Wildman–Crippen LogP) is 3.04. The van der Waals surface area contributed by atoms with Gasteiger partial charge >= 0.3 is 12.4 Å². The number of hydrogen-bond donors (Lipinski definition) is 1. The van der Waals surface area contributed by atoms with E-state index in [1.54, 1.807) is 0 Å². The molecule has 1 aliphatic rings. The Morgan fingerprint density at radius 2 is 1.70 bits per heavy atom. The molecular weight excluding hydrogens is 308 g/mol. The zero-order valence-electron chi connectivity index (χ0n) is 10.1. The Morgan fingerprint density at radius 3 is 2.20 bits per heavy atom. The van der Waals surface area contributed by atoms with Crippen LogP contribution in [0.2, 0.25) is 0 Å². The summed E-state index contributed by atoms with van der Waals surface area (Å²) in [4.78, 5) is 0. The Morgan fingerprint density at radius 1 is 1.10 bits per heavy atom. The van der Waals surface area contributed by atoms with Crippen LogP contribution >= 0.6 is 11.3 Å². The van der Waals surface area contributed by atoms with Gasteiger partial charge in [-0.25, -0.2) is 0 Å². The number of halogens is 6. The zero-order valence-corrected chi connectivity index (χ0v) is 10.9. The first kappa shape index (κ1) is 15.5. The third-order valence-electron chi connectivity index (χ3n) is 2.73. The van der Waals surface area contributed by atoms with Crippen LogP contribution in [0.4, 0.5) is 26.3 Å². The number of nitrogens with one attached hydrogen (secondary N) is 1. The van der Waals surface area contributed by atoms with Crippen molar-refractivity contribution in [3.8, 4) is 0 Å². The van der Waals surface area contributed by atoms with Gasteiger partial charge in [-0.1, -0.05) is 0 Å². The van der Waals surface area contributed by atoms with Crippen molar-refractivity contribution in [2.24, 2.45) is 0 Å². The predicted molar refractivity (Wildman–Crippen MR) is 59.5 cm³/mol. The van der Waals surface area contributed by atoms with Gasteiger partial charge in [-0.05, 0) is 12.8 Å². The second-order valence-corrected chi connectivity index (χ2v) is 5.62. The maximum Gasteiger partial charge on any atom is 0.406 e. The lowest BCUT2D eigenvalue weighted by Crippen LogP contribution is -2.34. The lowest BCUT2D eigenvalue weighted by molar-refractivity contribution is -0.253. The van der Waals surface area contributed by atoms with Gasteiger partial charge in [0.1, 0.15) is 10.0 Å². The molecule has 0 bridgehead atoms. The maximum atomic E-state index is 12.5. The highest BCUT2D eigenvalue weighted by molar-refractivity contribution is 7.11. The Bertz CT molecular complexity index is 437. The molecule has 1 N–H and O–H groups in total. The highest BCUT2D eigenvalue weighted by atomic mass is 32.1. The largest absolute Gasteiger partial charge is 0.406 e. The van der Waals surface area contributed by atoms with Crippen LogP contribution in [0.5, 0.6) is 0 Å². The third kappa shape index (κ3) is 4.05. The van der Waals surface area contributed by atoms with Crippen molar-refractivity contribution in [3.63, 3.8) is 0 Å². The van der Waals surface area contributed by atoms with Gasteiger partial charge in [-0.15, -0.1) is 21.5 Å². The van der Waals surface area contributed by atoms with E-state index in [0.29, 0.717) is 23.9 Å². The summed E-state index contributed by atoms with van der Waals surface area (Å²) in [5.74, 6) is -3.56. The summed E-state index contributed by atoms with van der Waals surface area (Å²) in [6, 6.07) is 0.417. The number of alkyl halides is 6. The molecule has 3 nitrogen and oxygen atoms in total. The third-order valence-corrected chi connectivity index (χ3v) is 3.78. The average Bonchev–Trinajstić information content (AvgIpc) is 2.95. The molecule has 0 radical (unpaired) electrons. The van der Waals surface area contributed by atoms with Crippen LogP contribution in [-0.2, 0) is 6.42 Å². The van der Waals surface area contributed by atoms with E-state index in [-0.39, 0.29) is 11.4 Å². The minimum atomic E-state index is -5.42. The smallest absolute Gasteiger partial charge is 0.314 e. The van der Waals surface area contributed by atoms with Gasteiger partial charge in [0, 0.05) is 19.0 Å². The molecule has 0 atom stereocenters. The van der Waals surface area contributed by atoms with Gasteiger partial charge in [0.2, 0.25) is 5.92 Å². The SMILES string of the molecule is FC(F)(F)C(c1nnc(CCNC2CC2)s1)C(F)(F)F. The van der Waals surface area contributed by atoms with Crippen molar-refractivity contribution in [3.05, 3.63) is 10.0 Å². The van der Waals surface area contributed by atoms with Crippen LogP contribution in [0.25, 0.3) is 0 Å². The van der Waals surface area contributed by atoms with E-state index in [0.717, 1.165) is 12.8 Å². The molecule has 0 saturated heterocycles. The molecule has 1 fully saturated rings. The van der Waals surface area contributed by atoms with Crippen LogP contribution in [0, 0.1) is 0 Å². The summed E-state index contributed by atoms with van der Waals surface area (Å²) in [6.45, 7) is 0.474. The Hall–Kier alpha value is -0.900. The normalized spacial score (nSPS) is 16.9. The summed E-state index contributed by atoms with van der Waals surface area (Å²) < 4.78 is 74.9. The first-order chi connectivity index (χ1) is 9.18. The molecule has 1 aliphatic carbocycles. The molecule has 0 aromatic carbocycles. The van der Waals surface area contributed by atoms with Gasteiger partial charge in [-0.3, -0.25) is 0 Å². The van der Waals surface area contributed by atoms with Gasteiger partial charge in [-0.2, -0.15) is 26.3 Å². The molecule has 0 unspecified atom stereocenters. The summed E-state index contributed by atoms with van der Waals surface area (Å²) in [5, 5.41) is 8.70. The van der Waals surface area contributed by atoms with Crippen molar-refractivity contribution in [2.45, 2.75) is 43.6 Å². The van der Waals surface area contributed by atoms with Crippen LogP contribution in [0.15, 0.2) is 0 Å². The van der Waals surface area contributed by atoms with E-state index in [9.17, 15) is 26.3 Å². The zero-order chi connectivity index (χ0) is 15.0. The molecule has 0 aliphatic heterocycles. The number of hydrogen-bond acceptors (Lipinski definition) is 4. The standard InChI is InChI=1S/C10H11F6N3S/c11-9(12,13)7(10(14,15)16)8-19-18-6(20-8)3-4-17-5-1-2-5/h5,7,17H,1-4H2. The first-order valence-corrected chi connectivity index (χ1v) is 6.68. The molecule has 114 valence electrons. The van der Waals surface area contributed by atoms with E-state index in [4.69, 9.17) is 0 Å². The minimum absolute atomic E-state index is 0.173. The van der Waals surface area contributed by atoms with Crippen molar-refractivity contribution in [1.82, 2.24) is 15.5 Å². The van der Waals surface area contributed by atoms with Gasteiger partial charge in [0.05, 0.1) is 0 Å². The number of rotatable bonds is 5. The minimum Gasteiger partial charge on any atom is -0.314 e. The summed E-state index contributed by atoms with van der Waals surface area (Å²) >= 11 is 0.365. The van der Waals surface area contributed by atoms with Crippen molar-refractivity contribution in [1.29, 1.82) is 0 Å². The Labute approximate surface area is 114 Å². The highest BCUT2D eigenvalue weighted by Gasteiger charge is 2.59. The molecule has 0 amide bonds. The molecule has 1 heterocycles. The second kappa shape index (κ2) is 5.47. The van der Waals surface area contributed by atoms with E-state index in [2.05, 4.69) is 15.5 Å². The topological polar surface area (TPSA) is 37.8 Å². The maximum absolute atomic E-state index is 12.5. The van der Waals surface area contributed by atoms with Gasteiger partial charge in [0.25, 0.3) is 0 Å². The van der Waals surface area contributed by atoms with E-state index in [1.807, 2.05) is 0 Å². The van der Waals surface area contributed by atoms with E-state index in [1.165, 1.54) is 0 Å². The molecule has 2 rings (SSSR count). The van der Waals surface area contributed by atoms with Crippen LogP contribution in [0.1, 0.15) is 28.8 Å².